The van der Waals surface area contributed by atoms with Crippen LogP contribution in [0.2, 0.25) is 0 Å². The van der Waals surface area contributed by atoms with Crippen LogP contribution in [0, 0.1) is 5.92 Å². The van der Waals surface area contributed by atoms with Crippen molar-refractivity contribution in [2.45, 2.75) is 81.8 Å². The fraction of sp³-hybridized carbons (Fsp3) is 0.682. The zero-order valence-electron chi connectivity index (χ0n) is 19.8. The van der Waals surface area contributed by atoms with Crippen LogP contribution in [0.15, 0.2) is 26.9 Å². The van der Waals surface area contributed by atoms with E-state index in [0.29, 0.717) is 36.6 Å². The summed E-state index contributed by atoms with van der Waals surface area (Å²) in [4.78, 5) is 31.1. The molecule has 1 amide bonds. The van der Waals surface area contributed by atoms with E-state index < -0.39 is 39.1 Å². The molecule has 1 N–H and O–H groups in total. The molecule has 184 valence electrons. The molecule has 33 heavy (non-hydrogen) atoms. The Hall–Kier alpha value is -1.98. The molecular weight excluding hydrogens is 466 g/mol. The van der Waals surface area contributed by atoms with Crippen LogP contribution in [0.3, 0.4) is 0 Å². The van der Waals surface area contributed by atoms with Gasteiger partial charge in [-0.1, -0.05) is 25.1 Å². The van der Waals surface area contributed by atoms with Crippen LogP contribution in [0.4, 0.5) is 0 Å². The number of ether oxygens (including phenoxy) is 1. The first kappa shape index (κ1) is 25.6. The molecule has 0 bridgehead atoms. The molecule has 1 unspecified atom stereocenters. The lowest BCUT2D eigenvalue weighted by atomic mass is 9.87. The zero-order chi connectivity index (χ0) is 24.4. The number of carbonyl (C=O) groups is 2. The topological polar surface area (TPSA) is 114 Å². The number of piperidine rings is 1. The first-order chi connectivity index (χ1) is 15.3. The number of hydrogen-bond acceptors (Lipinski definition) is 8. The van der Waals surface area contributed by atoms with E-state index in [2.05, 4.69) is 10.5 Å². The maximum atomic E-state index is 12.9. The molecule has 0 aromatic carbocycles. The average Bonchev–Trinajstić information content (AvgIpc) is 3.37. The lowest BCUT2D eigenvalue weighted by Gasteiger charge is -2.36. The molecule has 3 rings (SSSR count). The Kier molecular flexibility index (Phi) is 7.55. The van der Waals surface area contributed by atoms with Crippen LogP contribution < -0.4 is 5.32 Å². The molecule has 9 nitrogen and oxygen atoms in total. The third-order valence-corrected chi connectivity index (χ3v) is 8.80. The zero-order valence-corrected chi connectivity index (χ0v) is 21.4. The second-order valence-corrected chi connectivity index (χ2v) is 13.1. The highest BCUT2D eigenvalue weighted by Crippen LogP contribution is 2.36. The summed E-state index contributed by atoms with van der Waals surface area (Å²) in [6, 6.07) is 2.53. The molecule has 2 aliphatic heterocycles. The maximum Gasteiger partial charge on any atom is 0.329 e. The third-order valence-electron chi connectivity index (χ3n) is 5.53. The molecule has 11 heteroatoms. The van der Waals surface area contributed by atoms with E-state index in [1.165, 1.54) is 15.6 Å². The summed E-state index contributed by atoms with van der Waals surface area (Å²) in [7, 11) is -3.52. The monoisotopic (exact) mass is 499 g/mol. The van der Waals surface area contributed by atoms with Gasteiger partial charge in [0.05, 0.1) is 0 Å². The highest BCUT2D eigenvalue weighted by atomic mass is 32.2. The predicted molar refractivity (Wildman–Crippen MR) is 125 cm³/mol. The molecule has 1 atom stereocenters. The van der Waals surface area contributed by atoms with Gasteiger partial charge in [0, 0.05) is 32.4 Å². The second kappa shape index (κ2) is 9.71. The Morgan fingerprint density at radius 2 is 1.97 bits per heavy atom. The van der Waals surface area contributed by atoms with Crippen molar-refractivity contribution in [1.29, 1.82) is 0 Å². The molecule has 0 saturated carbocycles. The van der Waals surface area contributed by atoms with Gasteiger partial charge < -0.3 is 14.9 Å². The summed E-state index contributed by atoms with van der Waals surface area (Å²) in [5.41, 5.74) is -1.15. The van der Waals surface area contributed by atoms with Crippen molar-refractivity contribution < 1.29 is 27.6 Å². The number of carbonyl (C=O) groups excluding carboxylic acids is 2. The van der Waals surface area contributed by atoms with Gasteiger partial charge in [0.15, 0.2) is 0 Å². The van der Waals surface area contributed by atoms with Crippen molar-refractivity contribution in [2.75, 3.05) is 13.1 Å². The number of sulfonamides is 1. The van der Waals surface area contributed by atoms with Crippen LogP contribution in [0.1, 0.15) is 60.3 Å². The van der Waals surface area contributed by atoms with E-state index >= 15 is 0 Å². The van der Waals surface area contributed by atoms with Gasteiger partial charge in [-0.25, -0.2) is 13.2 Å². The van der Waals surface area contributed by atoms with Crippen molar-refractivity contribution >= 4 is 38.9 Å². The summed E-state index contributed by atoms with van der Waals surface area (Å²) in [6.07, 6.45) is 1.57. The van der Waals surface area contributed by atoms with Crippen LogP contribution in [-0.2, 0) is 29.2 Å². The Balaban J connectivity index is 1.59. The van der Waals surface area contributed by atoms with E-state index in [-0.39, 0.29) is 18.1 Å². The lowest BCUT2D eigenvalue weighted by Crippen LogP contribution is -2.49. The molecule has 1 fully saturated rings. The number of oxime groups is 1. The van der Waals surface area contributed by atoms with E-state index in [0.717, 1.165) is 0 Å². The molecule has 0 aliphatic carbocycles. The van der Waals surface area contributed by atoms with Crippen LogP contribution >= 0.6 is 11.3 Å². The normalized spacial score (nSPS) is 19.8. The molecule has 3 heterocycles. The fourth-order valence-electron chi connectivity index (χ4n) is 3.88. The minimum absolute atomic E-state index is 0.172. The number of thiophene rings is 1. The first-order valence-corrected chi connectivity index (χ1v) is 13.5. The summed E-state index contributed by atoms with van der Waals surface area (Å²) >= 11 is 1.19. The smallest absolute Gasteiger partial charge is 0.329 e. The van der Waals surface area contributed by atoms with Gasteiger partial charge >= 0.3 is 5.97 Å². The van der Waals surface area contributed by atoms with Crippen LogP contribution in [0.25, 0.3) is 0 Å². The first-order valence-electron chi connectivity index (χ1n) is 11.1. The van der Waals surface area contributed by atoms with Crippen molar-refractivity contribution in [2.24, 2.45) is 11.1 Å². The fourth-order valence-corrected chi connectivity index (χ4v) is 6.47. The quantitative estimate of drug-likeness (QED) is 0.577. The number of esters is 1. The molecule has 1 saturated heterocycles. The van der Waals surface area contributed by atoms with Crippen molar-refractivity contribution in [3.05, 3.63) is 17.5 Å². The summed E-state index contributed by atoms with van der Waals surface area (Å²) < 4.78 is 32.7. The van der Waals surface area contributed by atoms with Gasteiger partial charge in [-0.05, 0) is 44.6 Å². The molecule has 1 aromatic rings. The number of nitrogens with one attached hydrogen (secondary N) is 1. The van der Waals surface area contributed by atoms with Crippen LogP contribution in [-0.4, -0.2) is 60.6 Å². The number of rotatable bonds is 7. The molecular formula is C22H33N3O6S2. The highest BCUT2D eigenvalue weighted by Gasteiger charge is 2.46. The van der Waals surface area contributed by atoms with Gasteiger partial charge in [0.2, 0.25) is 0 Å². The van der Waals surface area contributed by atoms with Crippen molar-refractivity contribution in [3.63, 3.8) is 0 Å². The summed E-state index contributed by atoms with van der Waals surface area (Å²) in [5.74, 6) is -0.770. The van der Waals surface area contributed by atoms with E-state index in [1.54, 1.807) is 38.3 Å². The van der Waals surface area contributed by atoms with Crippen molar-refractivity contribution in [3.8, 4) is 0 Å². The van der Waals surface area contributed by atoms with E-state index in [4.69, 9.17) is 9.57 Å². The number of nitrogens with zero attached hydrogens (tertiary/aromatic N) is 2. The molecule has 0 radical (unpaired) electrons. The minimum Gasteiger partial charge on any atom is -0.458 e. The molecule has 1 aromatic heterocycles. The van der Waals surface area contributed by atoms with E-state index in [1.807, 2.05) is 13.8 Å². The Bertz CT molecular complexity index is 988. The molecule has 1 spiro atoms. The van der Waals surface area contributed by atoms with Crippen molar-refractivity contribution in [1.82, 2.24) is 9.62 Å². The number of hydrogen-bond donors (Lipinski definition) is 1. The third kappa shape index (κ3) is 6.33. The Morgan fingerprint density at radius 1 is 1.30 bits per heavy atom. The van der Waals surface area contributed by atoms with Gasteiger partial charge in [0.1, 0.15) is 27.2 Å². The Labute approximate surface area is 199 Å². The van der Waals surface area contributed by atoms with Gasteiger partial charge in [0.25, 0.3) is 15.9 Å². The van der Waals surface area contributed by atoms with Gasteiger partial charge in [-0.2, -0.15) is 4.31 Å². The SMILES string of the molecule is CC(C)CC(NC(=O)C1=NOC2(CCN(S(=O)(=O)c3cccs3)CC2)C1)C(=O)OC(C)(C)C. The number of amides is 1. The Morgan fingerprint density at radius 3 is 2.52 bits per heavy atom. The molecule has 2 aliphatic rings. The summed E-state index contributed by atoms with van der Waals surface area (Å²) in [6.45, 7) is 9.85. The summed E-state index contributed by atoms with van der Waals surface area (Å²) in [5, 5.41) is 8.50. The maximum absolute atomic E-state index is 12.9. The standard InChI is InChI=1S/C22H33N3O6S2/c1-15(2)13-16(20(27)30-21(3,4)5)23-19(26)17-14-22(31-24-17)8-10-25(11-9-22)33(28,29)18-7-6-12-32-18/h6-7,12,15-16H,8-11,13-14H2,1-5H3,(H,23,26). The van der Waals surface area contributed by atoms with Gasteiger partial charge in [-0.3, -0.25) is 4.79 Å². The predicted octanol–water partition coefficient (Wildman–Crippen LogP) is 2.92. The highest BCUT2D eigenvalue weighted by molar-refractivity contribution is 7.91. The average molecular weight is 500 g/mol. The largest absolute Gasteiger partial charge is 0.458 e. The van der Waals surface area contributed by atoms with E-state index in [9.17, 15) is 18.0 Å². The van der Waals surface area contributed by atoms with Crippen LogP contribution in [0.5, 0.6) is 0 Å². The second-order valence-electron chi connectivity index (χ2n) is 10.0. The lowest BCUT2D eigenvalue weighted by molar-refractivity contribution is -0.158. The van der Waals surface area contributed by atoms with Gasteiger partial charge in [-0.15, -0.1) is 11.3 Å². The minimum atomic E-state index is -3.52.